The summed E-state index contributed by atoms with van der Waals surface area (Å²) in [6, 6.07) is 6.08. The van der Waals surface area contributed by atoms with E-state index in [0.717, 1.165) is 37.3 Å². The van der Waals surface area contributed by atoms with Gasteiger partial charge in [-0.05, 0) is 24.1 Å². The maximum absolute atomic E-state index is 5.46. The van der Waals surface area contributed by atoms with Crippen LogP contribution < -0.4 is 4.74 Å². The van der Waals surface area contributed by atoms with Crippen molar-refractivity contribution in [1.29, 1.82) is 0 Å². The van der Waals surface area contributed by atoms with Crippen molar-refractivity contribution in [3.8, 4) is 5.75 Å². The second kappa shape index (κ2) is 6.96. The van der Waals surface area contributed by atoms with Crippen LogP contribution in [0, 0.1) is 0 Å². The molecule has 2 rings (SSSR count). The molecule has 0 radical (unpaired) electrons. The van der Waals surface area contributed by atoms with Gasteiger partial charge in [0, 0.05) is 36.7 Å². The topological polar surface area (TPSA) is 28.3 Å². The largest absolute Gasteiger partial charge is 0.496 e. The minimum absolute atomic E-state index is 0.880. The number of aromatic nitrogens is 1. The molecule has 20 heavy (non-hydrogen) atoms. The number of rotatable bonds is 8. The van der Waals surface area contributed by atoms with Crippen molar-refractivity contribution in [3.05, 3.63) is 55.3 Å². The number of aromatic amines is 1. The molecule has 0 unspecified atom stereocenters. The first-order valence-electron chi connectivity index (χ1n) is 6.87. The van der Waals surface area contributed by atoms with E-state index in [9.17, 15) is 0 Å². The zero-order valence-electron chi connectivity index (χ0n) is 12.1. The first kappa shape index (κ1) is 14.4. The standard InChI is InChI=1S/C17H22N2O/c1-4-10-19(11-5-2)12-9-14-13-18-15-7-6-8-16(20-3)17(14)15/h4-8,13,18H,1-2,9-12H2,3H3. The van der Waals surface area contributed by atoms with Gasteiger partial charge >= 0.3 is 0 Å². The lowest BCUT2D eigenvalue weighted by atomic mass is 10.1. The molecule has 1 aromatic heterocycles. The first-order valence-corrected chi connectivity index (χ1v) is 6.87. The van der Waals surface area contributed by atoms with Crippen molar-refractivity contribution in [2.75, 3.05) is 26.7 Å². The summed E-state index contributed by atoms with van der Waals surface area (Å²) in [5.41, 5.74) is 2.41. The van der Waals surface area contributed by atoms with Crippen molar-refractivity contribution < 1.29 is 4.74 Å². The summed E-state index contributed by atoms with van der Waals surface area (Å²) in [6.07, 6.45) is 6.91. The third kappa shape index (κ3) is 3.11. The van der Waals surface area contributed by atoms with Crippen molar-refractivity contribution in [3.63, 3.8) is 0 Å². The van der Waals surface area contributed by atoms with Gasteiger partial charge in [-0.25, -0.2) is 0 Å². The quantitative estimate of drug-likeness (QED) is 0.745. The first-order chi connectivity index (χ1) is 9.80. The predicted octanol–water partition coefficient (Wildman–Crippen LogP) is 3.39. The zero-order chi connectivity index (χ0) is 14.4. The van der Waals surface area contributed by atoms with Crippen LogP contribution in [0.4, 0.5) is 0 Å². The van der Waals surface area contributed by atoms with Gasteiger partial charge in [-0.2, -0.15) is 0 Å². The maximum atomic E-state index is 5.46. The Morgan fingerprint density at radius 3 is 2.65 bits per heavy atom. The maximum Gasteiger partial charge on any atom is 0.128 e. The highest BCUT2D eigenvalue weighted by Gasteiger charge is 2.10. The highest BCUT2D eigenvalue weighted by atomic mass is 16.5. The number of nitrogens with one attached hydrogen (secondary N) is 1. The minimum atomic E-state index is 0.880. The smallest absolute Gasteiger partial charge is 0.128 e. The Morgan fingerprint density at radius 1 is 1.25 bits per heavy atom. The lowest BCUT2D eigenvalue weighted by Gasteiger charge is -2.18. The molecular formula is C17H22N2O. The van der Waals surface area contributed by atoms with E-state index in [1.165, 1.54) is 10.9 Å². The summed E-state index contributed by atoms with van der Waals surface area (Å²) >= 11 is 0. The number of methoxy groups -OCH3 is 1. The Bertz CT molecular complexity index is 576. The van der Waals surface area contributed by atoms with Gasteiger partial charge in [0.25, 0.3) is 0 Å². The van der Waals surface area contributed by atoms with Gasteiger partial charge in [-0.15, -0.1) is 13.2 Å². The second-order valence-electron chi connectivity index (χ2n) is 4.78. The number of H-pyrrole nitrogens is 1. The third-order valence-electron chi connectivity index (χ3n) is 3.44. The predicted molar refractivity (Wildman–Crippen MR) is 85.4 cm³/mol. The van der Waals surface area contributed by atoms with Crippen LogP contribution >= 0.6 is 0 Å². The van der Waals surface area contributed by atoms with Crippen LogP contribution in [-0.2, 0) is 6.42 Å². The molecule has 0 saturated carbocycles. The van der Waals surface area contributed by atoms with Crippen molar-refractivity contribution in [2.45, 2.75) is 6.42 Å². The molecule has 0 fully saturated rings. The number of fused-ring (bicyclic) bond motifs is 1. The monoisotopic (exact) mass is 270 g/mol. The van der Waals surface area contributed by atoms with E-state index in [4.69, 9.17) is 4.74 Å². The second-order valence-corrected chi connectivity index (χ2v) is 4.78. The molecule has 0 aliphatic heterocycles. The zero-order valence-corrected chi connectivity index (χ0v) is 12.1. The highest BCUT2D eigenvalue weighted by Crippen LogP contribution is 2.28. The van der Waals surface area contributed by atoms with Crippen LogP contribution in [0.15, 0.2) is 49.7 Å². The molecule has 3 heteroatoms. The van der Waals surface area contributed by atoms with Crippen LogP contribution in [0.25, 0.3) is 10.9 Å². The number of ether oxygens (including phenoxy) is 1. The van der Waals surface area contributed by atoms with Gasteiger partial charge in [0.1, 0.15) is 5.75 Å². The molecule has 1 N–H and O–H groups in total. The van der Waals surface area contributed by atoms with Crippen molar-refractivity contribution in [2.24, 2.45) is 0 Å². The van der Waals surface area contributed by atoms with Gasteiger partial charge < -0.3 is 9.72 Å². The van der Waals surface area contributed by atoms with Crippen LogP contribution in [0.1, 0.15) is 5.56 Å². The van der Waals surface area contributed by atoms with Crippen LogP contribution in [0.3, 0.4) is 0 Å². The molecule has 0 aliphatic carbocycles. The molecule has 0 atom stereocenters. The Morgan fingerprint density at radius 2 is 2.00 bits per heavy atom. The van der Waals surface area contributed by atoms with Gasteiger partial charge in [0.15, 0.2) is 0 Å². The number of hydrogen-bond acceptors (Lipinski definition) is 2. The SMILES string of the molecule is C=CCN(CC=C)CCc1c[nH]c2cccc(OC)c12. The van der Waals surface area contributed by atoms with E-state index in [1.807, 2.05) is 24.3 Å². The van der Waals surface area contributed by atoms with E-state index < -0.39 is 0 Å². The summed E-state index contributed by atoms with van der Waals surface area (Å²) < 4.78 is 5.46. The van der Waals surface area contributed by atoms with E-state index in [2.05, 4.69) is 35.3 Å². The number of nitrogens with zero attached hydrogens (tertiary/aromatic N) is 1. The van der Waals surface area contributed by atoms with E-state index >= 15 is 0 Å². The van der Waals surface area contributed by atoms with E-state index in [0.29, 0.717) is 0 Å². The minimum Gasteiger partial charge on any atom is -0.496 e. The molecule has 0 spiro atoms. The lowest BCUT2D eigenvalue weighted by molar-refractivity contribution is 0.340. The molecular weight excluding hydrogens is 248 g/mol. The molecule has 2 aromatic rings. The Kier molecular flexibility index (Phi) is 5.02. The molecule has 0 aliphatic rings. The highest BCUT2D eigenvalue weighted by molar-refractivity contribution is 5.89. The van der Waals surface area contributed by atoms with Crippen molar-refractivity contribution in [1.82, 2.24) is 9.88 Å². The summed E-state index contributed by atoms with van der Waals surface area (Å²) in [5, 5.41) is 1.19. The van der Waals surface area contributed by atoms with Gasteiger partial charge in [0.05, 0.1) is 7.11 Å². The lowest BCUT2D eigenvalue weighted by Crippen LogP contribution is -2.26. The van der Waals surface area contributed by atoms with Crippen LogP contribution in [-0.4, -0.2) is 36.6 Å². The number of benzene rings is 1. The fourth-order valence-electron chi connectivity index (χ4n) is 2.49. The Hall–Kier alpha value is -2.00. The molecule has 0 amide bonds. The van der Waals surface area contributed by atoms with Gasteiger partial charge in [0.2, 0.25) is 0 Å². The summed E-state index contributed by atoms with van der Waals surface area (Å²) in [4.78, 5) is 5.63. The molecule has 0 saturated heterocycles. The Balaban J connectivity index is 2.16. The fraction of sp³-hybridized carbons (Fsp3) is 0.294. The van der Waals surface area contributed by atoms with E-state index in [-0.39, 0.29) is 0 Å². The molecule has 0 bridgehead atoms. The molecule has 3 nitrogen and oxygen atoms in total. The van der Waals surface area contributed by atoms with Gasteiger partial charge in [-0.3, -0.25) is 4.90 Å². The van der Waals surface area contributed by atoms with E-state index in [1.54, 1.807) is 7.11 Å². The summed E-state index contributed by atoms with van der Waals surface area (Å²) in [5.74, 6) is 0.928. The average molecular weight is 270 g/mol. The molecule has 106 valence electrons. The Labute approximate surface area is 120 Å². The van der Waals surface area contributed by atoms with Crippen LogP contribution in [0.2, 0.25) is 0 Å². The molecule has 1 aromatic carbocycles. The average Bonchev–Trinajstić information content (AvgIpc) is 2.88. The number of hydrogen-bond donors (Lipinski definition) is 1. The van der Waals surface area contributed by atoms with Crippen LogP contribution in [0.5, 0.6) is 5.75 Å². The summed E-state index contributed by atoms with van der Waals surface area (Å²) in [7, 11) is 1.72. The van der Waals surface area contributed by atoms with Gasteiger partial charge in [-0.1, -0.05) is 18.2 Å². The summed E-state index contributed by atoms with van der Waals surface area (Å²) in [6.45, 7) is 10.3. The normalized spacial score (nSPS) is 10.9. The van der Waals surface area contributed by atoms with Crippen molar-refractivity contribution >= 4 is 10.9 Å². The molecule has 1 heterocycles. The fourth-order valence-corrected chi connectivity index (χ4v) is 2.49. The third-order valence-corrected chi connectivity index (χ3v) is 3.44.